The molecule has 0 aliphatic carbocycles. The molecule has 0 amide bonds. The van der Waals surface area contributed by atoms with E-state index < -0.39 is 0 Å². The Bertz CT molecular complexity index is 7.51. The van der Waals surface area contributed by atoms with Crippen molar-refractivity contribution < 1.29 is 63.7 Å². The molecule has 0 aromatic heterocycles. The molecule has 0 aliphatic rings. The van der Waals surface area contributed by atoms with Gasteiger partial charge in [0.2, 0.25) is 0 Å². The van der Waals surface area contributed by atoms with Crippen molar-refractivity contribution in [3.63, 3.8) is 0 Å². The number of hydrogen-bond donors (Lipinski definition) is 0. The molecular formula is CCeO4. The van der Waals surface area contributed by atoms with Crippen LogP contribution in [-0.4, -0.2) is 0 Å². The Balaban J connectivity index is 0. The van der Waals surface area contributed by atoms with E-state index in [0.717, 1.165) is 0 Å². The van der Waals surface area contributed by atoms with E-state index in [1.54, 1.807) is 0 Å². The average molecular weight is 216 g/mol. The van der Waals surface area contributed by atoms with Gasteiger partial charge in [-0.25, -0.2) is 0 Å². The van der Waals surface area contributed by atoms with Crippen molar-refractivity contribution in [1.82, 2.24) is 0 Å². The molecular weight excluding hydrogens is 216 g/mol. The largest absolute Gasteiger partial charge is 4.00 e. The summed E-state index contributed by atoms with van der Waals surface area (Å²) >= 11 is 0. The zero-order chi connectivity index (χ0) is 0. The topological polar surface area (TPSA) is 114 Å². The molecule has 0 radical (unpaired) electrons. The Morgan fingerprint density at radius 1 is 0.500 bits per heavy atom. The van der Waals surface area contributed by atoms with Crippen molar-refractivity contribution in [2.24, 2.45) is 0 Å². The van der Waals surface area contributed by atoms with Crippen LogP contribution in [0.15, 0.2) is 0 Å². The molecule has 5 heteroatoms. The maximum Gasteiger partial charge on any atom is 4.00 e. The van der Waals surface area contributed by atoms with Crippen molar-refractivity contribution in [2.45, 2.75) is 0 Å². The summed E-state index contributed by atoms with van der Waals surface area (Å²) in [6, 6.07) is 0. The third-order valence-corrected chi connectivity index (χ3v) is 0. The smallest absolute Gasteiger partial charge is 2.00 e. The van der Waals surface area contributed by atoms with Crippen LogP contribution in [0.4, 0.5) is 0 Å². The van der Waals surface area contributed by atoms with Gasteiger partial charge in [-0.1, -0.05) is 0 Å². The molecule has 4 nitrogen and oxygen atoms in total. The summed E-state index contributed by atoms with van der Waals surface area (Å²) in [5.74, 6) is 0. The zero-order valence-corrected chi connectivity index (χ0v) is 5.77. The van der Waals surface area contributed by atoms with Gasteiger partial charge in [0, 0.05) is 0 Å². The summed E-state index contributed by atoms with van der Waals surface area (Å²) in [5.41, 5.74) is 0. The van der Waals surface area contributed by atoms with Crippen LogP contribution in [0.1, 0.15) is 0 Å². The standard InChI is InChI=1S/C.Ce.4O/q2*+4;4*-2. The second-order valence-electron chi connectivity index (χ2n) is 0. The summed E-state index contributed by atoms with van der Waals surface area (Å²) in [4.78, 5) is 0. The summed E-state index contributed by atoms with van der Waals surface area (Å²) in [7, 11) is 0. The van der Waals surface area contributed by atoms with E-state index in [0.29, 0.717) is 0 Å². The molecule has 0 aromatic rings. The molecule has 0 unspecified atom stereocenters. The van der Waals surface area contributed by atoms with E-state index in [4.69, 9.17) is 0 Å². The van der Waals surface area contributed by atoms with Gasteiger partial charge >= 0.3 is 49.2 Å². The molecule has 0 atom stereocenters. The van der Waals surface area contributed by atoms with Crippen LogP contribution in [0.25, 0.3) is 0 Å². The molecule has 0 fully saturated rings. The van der Waals surface area contributed by atoms with Gasteiger partial charge in [0.05, 0.1) is 0 Å². The first kappa shape index (κ1) is 188. The monoisotopic (exact) mass is 216 g/mol. The van der Waals surface area contributed by atoms with E-state index in [9.17, 15) is 0 Å². The quantitative estimate of drug-likeness (QED) is 0.524. The van der Waals surface area contributed by atoms with Crippen molar-refractivity contribution in [1.29, 1.82) is 0 Å². The van der Waals surface area contributed by atoms with Crippen molar-refractivity contribution in [3.05, 3.63) is 7.43 Å². The Hall–Kier alpha value is 1.22. The van der Waals surface area contributed by atoms with Gasteiger partial charge < -0.3 is 21.9 Å². The first-order valence-corrected chi connectivity index (χ1v) is 0. The minimum atomic E-state index is 0. The maximum atomic E-state index is 0. The number of hydrogen-bond acceptors (Lipinski definition) is 0. The Morgan fingerprint density at radius 3 is 0.500 bits per heavy atom. The molecule has 0 saturated heterocycles. The summed E-state index contributed by atoms with van der Waals surface area (Å²) in [5, 5.41) is 0. The molecule has 0 heterocycles. The van der Waals surface area contributed by atoms with E-state index in [2.05, 4.69) is 0 Å². The van der Waals surface area contributed by atoms with Crippen LogP contribution in [0.2, 0.25) is 0 Å². The van der Waals surface area contributed by atoms with E-state index in [-0.39, 0.29) is 71.1 Å². The normalized spacial score (nSPS) is 0. The van der Waals surface area contributed by atoms with Gasteiger partial charge in [-0.2, -0.15) is 0 Å². The molecule has 0 N–H and O–H groups in total. The predicted molar refractivity (Wildman–Crippen MR) is 5.99 cm³/mol. The van der Waals surface area contributed by atoms with Crippen molar-refractivity contribution in [2.75, 3.05) is 0 Å². The van der Waals surface area contributed by atoms with Crippen molar-refractivity contribution in [3.8, 4) is 0 Å². The first-order valence-electron chi connectivity index (χ1n) is 0. The van der Waals surface area contributed by atoms with Gasteiger partial charge in [-0.3, -0.25) is 0 Å². The third-order valence-electron chi connectivity index (χ3n) is 0. The van der Waals surface area contributed by atoms with Gasteiger partial charge in [0.15, 0.2) is 0 Å². The molecule has 0 bridgehead atoms. The fraction of sp³-hybridized carbons (Fsp3) is 0. The second kappa shape index (κ2) is 114. The van der Waals surface area contributed by atoms with Crippen LogP contribution in [0.3, 0.4) is 0 Å². The van der Waals surface area contributed by atoms with Crippen LogP contribution < -0.4 is 0 Å². The Labute approximate surface area is 70.5 Å². The van der Waals surface area contributed by atoms with Crippen LogP contribution in [0, 0.1) is 49.2 Å². The maximum absolute atomic E-state index is 0. The average Bonchev–Trinajstić information content (AvgIpc) is 0. The van der Waals surface area contributed by atoms with E-state index in [1.807, 2.05) is 0 Å². The van der Waals surface area contributed by atoms with Gasteiger partial charge in [-0.15, -0.1) is 0 Å². The van der Waals surface area contributed by atoms with E-state index in [1.165, 1.54) is 0 Å². The van der Waals surface area contributed by atoms with Gasteiger partial charge in [-0.05, 0) is 0 Å². The third kappa shape index (κ3) is 62.7. The minimum absolute atomic E-state index is 0. The van der Waals surface area contributed by atoms with Gasteiger partial charge in [0.25, 0.3) is 0 Å². The summed E-state index contributed by atoms with van der Waals surface area (Å²) in [6.07, 6.45) is 0. The Kier molecular flexibility index (Phi) is 3590. The van der Waals surface area contributed by atoms with Crippen LogP contribution in [0.5, 0.6) is 0 Å². The molecule has 0 aliphatic heterocycles. The molecule has 0 aromatic carbocycles. The number of rotatable bonds is 0. The molecule has 32 valence electrons. The minimum Gasteiger partial charge on any atom is -2.00 e. The van der Waals surface area contributed by atoms with Crippen LogP contribution in [-0.2, 0) is 21.9 Å². The van der Waals surface area contributed by atoms with Gasteiger partial charge in [0.1, 0.15) is 0 Å². The SMILES string of the molecule is [C+4].[Ce+4].[O-2].[O-2].[O-2].[O-2]. The summed E-state index contributed by atoms with van der Waals surface area (Å²) < 4.78 is 0. The molecule has 0 spiro atoms. The van der Waals surface area contributed by atoms with Crippen LogP contribution >= 0.6 is 0 Å². The Morgan fingerprint density at radius 2 is 0.500 bits per heavy atom. The van der Waals surface area contributed by atoms with Crippen molar-refractivity contribution >= 4 is 0 Å². The summed E-state index contributed by atoms with van der Waals surface area (Å²) in [6.45, 7) is 0. The predicted octanol–water partition coefficient (Wildman–Crippen LogP) is -0.394. The molecule has 0 saturated carbocycles. The zero-order valence-electron chi connectivity index (χ0n) is 2.63. The fourth-order valence-corrected chi connectivity index (χ4v) is 0. The molecule has 0 rings (SSSR count). The second-order valence-corrected chi connectivity index (χ2v) is 0. The first-order chi connectivity index (χ1) is 0. The van der Waals surface area contributed by atoms with E-state index >= 15 is 0 Å². The fourth-order valence-electron chi connectivity index (χ4n) is 0. The molecule has 6 heavy (non-hydrogen) atoms.